The zero-order valence-corrected chi connectivity index (χ0v) is 34.2. The Kier molecular flexibility index (Phi) is 23.3. The second-order valence-electron chi connectivity index (χ2n) is 14.1. The average molecular weight is 859 g/mol. The maximum Gasteiger partial charge on any atom is 0.328 e. The maximum atomic E-state index is 13.9. The number of aliphatic carboxylic acids is 3. The van der Waals surface area contributed by atoms with Crippen molar-refractivity contribution >= 4 is 65.1 Å². The standard InChI is InChI=1S/C35H58N10O13S/c1-17(2)11-23(32(54)44-25(14-27(49)50)34(56)45-28(18(3)46)35(57)58)42-31(53)22(8-10-59-4)41-33(55)24(12-19-15-38-16-39-19)43-30(52)21(7-5-6-9-36)40-29(51)20(37)13-26(47)48/h15-18,20-25,28,46H,5-14,36-37H2,1-4H3,(H,38,39)(H,40,51)(H,41,55)(H,42,53)(H,43,52)(H,44,54)(H,45,56)(H,47,48)(H,49,50)(H,57,58)/t18-,20+,21+,22+,23+,24+,25+,28+/m1/s1. The van der Waals surface area contributed by atoms with Gasteiger partial charge in [-0.05, 0) is 63.5 Å². The molecule has 24 heteroatoms. The second kappa shape index (κ2) is 26.6. The summed E-state index contributed by atoms with van der Waals surface area (Å²) in [5, 5.41) is 52.0. The molecule has 332 valence electrons. The van der Waals surface area contributed by atoms with E-state index >= 15 is 0 Å². The fourth-order valence-corrected chi connectivity index (χ4v) is 5.94. The van der Waals surface area contributed by atoms with E-state index in [-0.39, 0.29) is 38.1 Å². The molecule has 0 bridgehead atoms. The molecule has 0 aromatic carbocycles. The third-order valence-corrected chi connectivity index (χ3v) is 9.21. The molecule has 0 aliphatic heterocycles. The lowest BCUT2D eigenvalue weighted by Crippen LogP contribution is -2.60. The molecule has 0 spiro atoms. The Bertz CT molecular complexity index is 1580. The minimum Gasteiger partial charge on any atom is -0.481 e. The predicted octanol–water partition coefficient (Wildman–Crippen LogP) is -3.47. The molecule has 1 aromatic heterocycles. The topological polar surface area (TPSA) is 387 Å². The lowest BCUT2D eigenvalue weighted by atomic mass is 10.0. The number of nitrogens with zero attached hydrogens (tertiary/aromatic N) is 1. The molecule has 0 radical (unpaired) electrons. The third-order valence-electron chi connectivity index (χ3n) is 8.56. The lowest BCUT2D eigenvalue weighted by Gasteiger charge is -2.28. The highest BCUT2D eigenvalue weighted by molar-refractivity contribution is 7.98. The fourth-order valence-electron chi connectivity index (χ4n) is 5.47. The number of carbonyl (C=O) groups excluding carboxylic acids is 6. The van der Waals surface area contributed by atoms with Crippen LogP contribution in [0.15, 0.2) is 12.5 Å². The number of carboxylic acids is 3. The van der Waals surface area contributed by atoms with Gasteiger partial charge in [-0.25, -0.2) is 9.78 Å². The van der Waals surface area contributed by atoms with Crippen molar-refractivity contribution in [2.45, 2.75) is 121 Å². The smallest absolute Gasteiger partial charge is 0.328 e. The summed E-state index contributed by atoms with van der Waals surface area (Å²) in [4.78, 5) is 122. The molecule has 8 atom stereocenters. The number of aromatic amines is 1. The van der Waals surface area contributed by atoms with E-state index in [4.69, 9.17) is 16.6 Å². The average Bonchev–Trinajstić information content (AvgIpc) is 3.66. The molecule has 1 aromatic rings. The highest BCUT2D eigenvalue weighted by atomic mass is 32.2. The van der Waals surface area contributed by atoms with Crippen molar-refractivity contribution in [2.24, 2.45) is 17.4 Å². The Morgan fingerprint density at radius 1 is 0.712 bits per heavy atom. The third kappa shape index (κ3) is 19.8. The molecule has 6 amide bonds. The molecule has 0 fully saturated rings. The summed E-state index contributed by atoms with van der Waals surface area (Å²) in [6.45, 7) is 4.80. The summed E-state index contributed by atoms with van der Waals surface area (Å²) in [6.07, 6.45) is 1.95. The minimum absolute atomic E-state index is 0.0265. The van der Waals surface area contributed by atoms with E-state index < -0.39 is 115 Å². The van der Waals surface area contributed by atoms with Crippen LogP contribution in [0.2, 0.25) is 0 Å². The van der Waals surface area contributed by atoms with Crippen LogP contribution in [-0.4, -0.2) is 151 Å². The maximum absolute atomic E-state index is 13.9. The van der Waals surface area contributed by atoms with Crippen molar-refractivity contribution in [2.75, 3.05) is 18.6 Å². The highest BCUT2D eigenvalue weighted by Crippen LogP contribution is 2.11. The van der Waals surface area contributed by atoms with E-state index in [1.807, 2.05) is 5.32 Å². The van der Waals surface area contributed by atoms with Crippen LogP contribution in [0.5, 0.6) is 0 Å². The Morgan fingerprint density at radius 2 is 1.22 bits per heavy atom. The number of nitrogens with one attached hydrogen (secondary N) is 7. The fraction of sp³-hybridized carbons (Fsp3) is 0.657. The number of thioether (sulfide) groups is 1. The molecule has 23 nitrogen and oxygen atoms in total. The Morgan fingerprint density at radius 3 is 1.73 bits per heavy atom. The second-order valence-corrected chi connectivity index (χ2v) is 15.1. The van der Waals surface area contributed by atoms with Crippen LogP contribution >= 0.6 is 11.8 Å². The number of aromatic nitrogens is 2. The van der Waals surface area contributed by atoms with E-state index in [9.17, 15) is 58.5 Å². The number of hydrogen-bond donors (Lipinski definition) is 13. The Hall–Kier alpha value is -5.33. The number of carbonyl (C=O) groups is 9. The van der Waals surface area contributed by atoms with E-state index in [0.717, 1.165) is 6.92 Å². The van der Waals surface area contributed by atoms with Crippen molar-refractivity contribution < 1.29 is 63.6 Å². The Balaban J connectivity index is 3.40. The summed E-state index contributed by atoms with van der Waals surface area (Å²) in [7, 11) is 0. The number of carboxylic acid groups (broad SMARTS) is 3. The van der Waals surface area contributed by atoms with Crippen molar-refractivity contribution in [3.63, 3.8) is 0 Å². The first-order chi connectivity index (χ1) is 27.7. The van der Waals surface area contributed by atoms with Crippen LogP contribution in [0, 0.1) is 5.92 Å². The number of H-pyrrole nitrogens is 1. The normalized spacial score (nSPS) is 15.2. The number of aliphatic hydroxyl groups is 1. The van der Waals surface area contributed by atoms with Crippen LogP contribution in [0.4, 0.5) is 0 Å². The first kappa shape index (κ1) is 51.7. The van der Waals surface area contributed by atoms with Gasteiger partial charge in [0.25, 0.3) is 0 Å². The van der Waals surface area contributed by atoms with Crippen LogP contribution in [0.25, 0.3) is 0 Å². The zero-order chi connectivity index (χ0) is 44.8. The van der Waals surface area contributed by atoms with Gasteiger partial charge >= 0.3 is 17.9 Å². The Labute approximate surface area is 344 Å². The highest BCUT2D eigenvalue weighted by Gasteiger charge is 2.35. The van der Waals surface area contributed by atoms with Crippen molar-refractivity contribution in [1.82, 2.24) is 41.9 Å². The van der Waals surface area contributed by atoms with Gasteiger partial charge < -0.3 is 68.8 Å². The molecule has 1 rings (SSSR count). The zero-order valence-electron chi connectivity index (χ0n) is 33.4. The van der Waals surface area contributed by atoms with Gasteiger partial charge in [0.15, 0.2) is 6.04 Å². The predicted molar refractivity (Wildman–Crippen MR) is 211 cm³/mol. The molecular formula is C35H58N10O13S. The first-order valence-corrected chi connectivity index (χ1v) is 20.2. The monoisotopic (exact) mass is 858 g/mol. The molecule has 0 saturated heterocycles. The van der Waals surface area contributed by atoms with Crippen molar-refractivity contribution in [3.8, 4) is 0 Å². The molecule has 0 aliphatic carbocycles. The number of rotatable bonds is 29. The number of imidazole rings is 1. The van der Waals surface area contributed by atoms with Crippen LogP contribution < -0.4 is 43.4 Å². The van der Waals surface area contributed by atoms with Gasteiger partial charge in [0, 0.05) is 18.3 Å². The van der Waals surface area contributed by atoms with E-state index in [1.54, 1.807) is 20.1 Å². The SMILES string of the molecule is CSCC[C@H](NC(=O)[C@H](Cc1cnc[nH]1)NC(=O)[C@H](CCCCN)NC(=O)[C@@H](N)CC(=O)O)C(=O)N[C@@H](CC(C)C)C(=O)N[C@@H](CC(=O)O)C(=O)N[C@H](C(=O)O)[C@@H](C)O. The number of unbranched alkanes of at least 4 members (excludes halogenated alkanes) is 1. The number of nitrogens with two attached hydrogens (primary N) is 2. The van der Waals surface area contributed by atoms with Gasteiger partial charge in [0.2, 0.25) is 35.4 Å². The van der Waals surface area contributed by atoms with Gasteiger partial charge in [-0.1, -0.05) is 13.8 Å². The van der Waals surface area contributed by atoms with E-state index in [0.29, 0.717) is 24.3 Å². The van der Waals surface area contributed by atoms with Gasteiger partial charge in [-0.3, -0.25) is 38.4 Å². The van der Waals surface area contributed by atoms with Crippen molar-refractivity contribution in [3.05, 3.63) is 18.2 Å². The van der Waals surface area contributed by atoms with Gasteiger partial charge in [0.05, 0.1) is 31.3 Å². The van der Waals surface area contributed by atoms with Crippen molar-refractivity contribution in [1.29, 1.82) is 0 Å². The minimum atomic E-state index is -1.83. The molecule has 15 N–H and O–H groups in total. The number of aliphatic hydroxyl groups excluding tert-OH is 1. The molecule has 0 unspecified atom stereocenters. The summed E-state index contributed by atoms with van der Waals surface area (Å²) in [5.41, 5.74) is 11.7. The van der Waals surface area contributed by atoms with E-state index in [2.05, 4.69) is 36.6 Å². The molecule has 0 aliphatic rings. The van der Waals surface area contributed by atoms with Gasteiger partial charge in [-0.2, -0.15) is 11.8 Å². The number of hydrogen-bond acceptors (Lipinski definition) is 14. The van der Waals surface area contributed by atoms with Crippen LogP contribution in [-0.2, 0) is 49.6 Å². The summed E-state index contributed by atoms with van der Waals surface area (Å²) in [5.74, 6) is -10.0. The summed E-state index contributed by atoms with van der Waals surface area (Å²) < 4.78 is 0. The van der Waals surface area contributed by atoms with Gasteiger partial charge in [0.1, 0.15) is 30.2 Å². The first-order valence-electron chi connectivity index (χ1n) is 18.8. The van der Waals surface area contributed by atoms with Gasteiger partial charge in [-0.15, -0.1) is 0 Å². The van der Waals surface area contributed by atoms with Crippen LogP contribution in [0.3, 0.4) is 0 Å². The molecule has 0 saturated carbocycles. The molecular weight excluding hydrogens is 801 g/mol. The molecule has 59 heavy (non-hydrogen) atoms. The summed E-state index contributed by atoms with van der Waals surface area (Å²) in [6, 6.07) is -10.5. The number of amides is 6. The van der Waals surface area contributed by atoms with Crippen LogP contribution in [0.1, 0.15) is 71.4 Å². The van der Waals surface area contributed by atoms with E-state index in [1.165, 1.54) is 24.3 Å². The quantitative estimate of drug-likeness (QED) is 0.0348. The summed E-state index contributed by atoms with van der Waals surface area (Å²) >= 11 is 1.33. The molecule has 1 heterocycles. The largest absolute Gasteiger partial charge is 0.481 e. The lowest BCUT2D eigenvalue weighted by molar-refractivity contribution is -0.146.